The fraction of sp³-hybridized carbons (Fsp3) is 0.321. The number of carbonyl (C=O) groups is 2. The third-order valence-corrected chi connectivity index (χ3v) is 6.93. The van der Waals surface area contributed by atoms with Gasteiger partial charge in [0.15, 0.2) is 5.65 Å². The molecule has 38 heavy (non-hydrogen) atoms. The fourth-order valence-corrected chi connectivity index (χ4v) is 4.84. The molecule has 10 heteroatoms. The molecule has 0 saturated carbocycles. The molecule has 2 amide bonds. The Bertz CT molecular complexity index is 1500. The Kier molecular flexibility index (Phi) is 7.04. The van der Waals surface area contributed by atoms with Crippen molar-refractivity contribution < 1.29 is 14.0 Å². The quantitative estimate of drug-likeness (QED) is 0.392. The van der Waals surface area contributed by atoms with Crippen molar-refractivity contribution in [3.05, 3.63) is 99.9 Å². The lowest BCUT2D eigenvalue weighted by Crippen LogP contribution is -2.47. The molecule has 9 nitrogen and oxygen atoms in total. The second-order valence-electron chi connectivity index (χ2n) is 9.85. The molecule has 3 atom stereocenters. The van der Waals surface area contributed by atoms with Gasteiger partial charge in [0.2, 0.25) is 11.8 Å². The number of likely N-dealkylation sites (tertiary alicyclic amines) is 1. The molecule has 5 rings (SSSR count). The van der Waals surface area contributed by atoms with Crippen LogP contribution in [0.25, 0.3) is 5.65 Å². The molecule has 4 aromatic rings. The van der Waals surface area contributed by atoms with Gasteiger partial charge in [0, 0.05) is 24.4 Å². The van der Waals surface area contributed by atoms with Crippen molar-refractivity contribution in [1.82, 2.24) is 29.8 Å². The summed E-state index contributed by atoms with van der Waals surface area (Å²) in [6.45, 7) is 3.99. The van der Waals surface area contributed by atoms with Crippen molar-refractivity contribution in [2.75, 3.05) is 6.54 Å². The Morgan fingerprint density at radius 1 is 1.11 bits per heavy atom. The van der Waals surface area contributed by atoms with Crippen LogP contribution in [0.3, 0.4) is 0 Å². The van der Waals surface area contributed by atoms with Gasteiger partial charge in [-0.15, -0.1) is 0 Å². The second kappa shape index (κ2) is 10.6. The van der Waals surface area contributed by atoms with Crippen LogP contribution in [0, 0.1) is 0 Å². The molecule has 0 bridgehead atoms. The number of pyridine rings is 2. The van der Waals surface area contributed by atoms with Gasteiger partial charge in [-0.1, -0.05) is 56.3 Å². The van der Waals surface area contributed by atoms with E-state index in [4.69, 9.17) is 0 Å². The topological polar surface area (TPSA) is 112 Å². The molecule has 2 N–H and O–H groups in total. The van der Waals surface area contributed by atoms with E-state index in [0.29, 0.717) is 22.8 Å². The number of alkyl halides is 1. The summed E-state index contributed by atoms with van der Waals surface area (Å²) in [4.78, 5) is 44.6. The molecular weight excluding hydrogens is 487 g/mol. The van der Waals surface area contributed by atoms with E-state index in [1.807, 2.05) is 42.5 Å². The average Bonchev–Trinajstić information content (AvgIpc) is 3.51. The van der Waals surface area contributed by atoms with E-state index in [-0.39, 0.29) is 19.4 Å². The van der Waals surface area contributed by atoms with Crippen molar-refractivity contribution >= 4 is 17.5 Å². The van der Waals surface area contributed by atoms with Crippen LogP contribution in [0.4, 0.5) is 4.39 Å². The normalized spacial score (nSPS) is 18.2. The molecule has 0 spiro atoms. The predicted octanol–water partition coefficient (Wildman–Crippen LogP) is 2.93. The zero-order valence-corrected chi connectivity index (χ0v) is 21.2. The number of carbonyl (C=O) groups excluding carboxylic acids is 2. The van der Waals surface area contributed by atoms with Gasteiger partial charge in [0.25, 0.3) is 0 Å². The highest BCUT2D eigenvalue weighted by atomic mass is 19.1. The summed E-state index contributed by atoms with van der Waals surface area (Å²) in [6, 6.07) is 15.1. The van der Waals surface area contributed by atoms with E-state index in [1.54, 1.807) is 24.5 Å². The highest BCUT2D eigenvalue weighted by Crippen LogP contribution is 2.26. The maximum atomic E-state index is 14.6. The molecule has 0 unspecified atom stereocenters. The third-order valence-electron chi connectivity index (χ3n) is 6.93. The standard InChI is InChI=1S/C28H29FN6O3/c1-17(2)20-10-11-22(30-15-20)25(18-7-4-3-5-8-18)31-27(37)23-14-21(29)16-35(23)24(36)13-19-9-6-12-34-26(19)32-33-28(34)38/h3-12,15,17,21,23,25H,13-14,16H2,1-2H3,(H,31,37)(H,33,38)/t21-,23+,25+/m1/s1. The largest absolute Gasteiger partial charge is 0.347 e. The summed E-state index contributed by atoms with van der Waals surface area (Å²) in [5, 5.41) is 9.36. The van der Waals surface area contributed by atoms with E-state index in [2.05, 4.69) is 34.3 Å². The van der Waals surface area contributed by atoms with Crippen molar-refractivity contribution in [2.45, 2.75) is 50.9 Å². The average molecular weight is 517 g/mol. The number of rotatable bonds is 7. The third kappa shape index (κ3) is 5.06. The zero-order chi connectivity index (χ0) is 26.8. The lowest BCUT2D eigenvalue weighted by atomic mass is 10.00. The van der Waals surface area contributed by atoms with Crippen molar-refractivity contribution in [2.24, 2.45) is 0 Å². The monoisotopic (exact) mass is 516 g/mol. The summed E-state index contributed by atoms with van der Waals surface area (Å²) < 4.78 is 15.9. The van der Waals surface area contributed by atoms with Gasteiger partial charge >= 0.3 is 5.69 Å². The first-order valence-electron chi connectivity index (χ1n) is 12.6. The molecule has 196 valence electrons. The first-order chi connectivity index (χ1) is 18.3. The first-order valence-corrected chi connectivity index (χ1v) is 12.6. The van der Waals surface area contributed by atoms with E-state index in [1.165, 1.54) is 9.30 Å². The molecule has 1 aliphatic rings. The van der Waals surface area contributed by atoms with E-state index >= 15 is 0 Å². The SMILES string of the molecule is CC(C)c1ccc([C@@H](NC(=O)[C@@H]2C[C@@H](F)CN2C(=O)Cc2cccn3c(=O)[nH]nc23)c2ccccc2)nc1. The summed E-state index contributed by atoms with van der Waals surface area (Å²) in [5.41, 5.74) is 2.97. The summed E-state index contributed by atoms with van der Waals surface area (Å²) in [5.74, 6) is -0.549. The molecule has 1 saturated heterocycles. The minimum absolute atomic E-state index is 0.0924. The highest BCUT2D eigenvalue weighted by Gasteiger charge is 2.40. The Morgan fingerprint density at radius 3 is 2.61 bits per heavy atom. The number of nitrogens with zero attached hydrogens (tertiary/aromatic N) is 4. The Labute approximate surface area is 218 Å². The second-order valence-corrected chi connectivity index (χ2v) is 9.85. The van der Waals surface area contributed by atoms with Crippen LogP contribution in [-0.2, 0) is 16.0 Å². The minimum Gasteiger partial charge on any atom is -0.342 e. The van der Waals surface area contributed by atoms with Crippen molar-refractivity contribution in [1.29, 1.82) is 0 Å². The van der Waals surface area contributed by atoms with Crippen LogP contribution in [0.2, 0.25) is 0 Å². The van der Waals surface area contributed by atoms with Crippen LogP contribution in [0.1, 0.15) is 54.6 Å². The predicted molar refractivity (Wildman–Crippen MR) is 139 cm³/mol. The molecule has 3 aromatic heterocycles. The highest BCUT2D eigenvalue weighted by molar-refractivity contribution is 5.90. The number of H-pyrrole nitrogens is 1. The maximum Gasteiger partial charge on any atom is 0.347 e. The van der Waals surface area contributed by atoms with Crippen LogP contribution in [-0.4, -0.2) is 55.1 Å². The fourth-order valence-electron chi connectivity index (χ4n) is 4.84. The molecule has 1 fully saturated rings. The van der Waals surface area contributed by atoms with E-state index in [9.17, 15) is 18.8 Å². The van der Waals surface area contributed by atoms with Gasteiger partial charge in [-0.05, 0) is 29.2 Å². The first kappa shape index (κ1) is 25.3. The number of aromatic nitrogens is 4. The van der Waals surface area contributed by atoms with Crippen LogP contribution in [0.15, 0.2) is 71.8 Å². The Balaban J connectivity index is 1.38. The van der Waals surface area contributed by atoms with E-state index < -0.39 is 35.8 Å². The van der Waals surface area contributed by atoms with Gasteiger partial charge in [0.05, 0.1) is 24.7 Å². The van der Waals surface area contributed by atoms with Crippen molar-refractivity contribution in [3.63, 3.8) is 0 Å². The van der Waals surface area contributed by atoms with Crippen molar-refractivity contribution in [3.8, 4) is 0 Å². The van der Waals surface area contributed by atoms with Gasteiger partial charge in [-0.2, -0.15) is 5.10 Å². The molecule has 1 aliphatic heterocycles. The van der Waals surface area contributed by atoms with Gasteiger partial charge in [0.1, 0.15) is 12.2 Å². The van der Waals surface area contributed by atoms with Gasteiger partial charge in [-0.3, -0.25) is 19.0 Å². The van der Waals surface area contributed by atoms with Gasteiger partial charge in [-0.25, -0.2) is 14.3 Å². The molecule has 4 heterocycles. The lowest BCUT2D eigenvalue weighted by Gasteiger charge is -2.27. The lowest BCUT2D eigenvalue weighted by molar-refractivity contribution is -0.138. The number of benzene rings is 1. The zero-order valence-electron chi connectivity index (χ0n) is 21.2. The number of hydrogen-bond acceptors (Lipinski definition) is 5. The summed E-state index contributed by atoms with van der Waals surface area (Å²) in [7, 11) is 0. The smallest absolute Gasteiger partial charge is 0.342 e. The van der Waals surface area contributed by atoms with Gasteiger partial charge < -0.3 is 10.2 Å². The van der Waals surface area contributed by atoms with Crippen LogP contribution >= 0.6 is 0 Å². The molecular formula is C28H29FN6O3. The summed E-state index contributed by atoms with van der Waals surface area (Å²) >= 11 is 0. The van der Waals surface area contributed by atoms with Crippen LogP contribution < -0.4 is 11.0 Å². The molecule has 0 radical (unpaired) electrons. The molecule has 1 aromatic carbocycles. The Morgan fingerprint density at radius 2 is 1.89 bits per heavy atom. The minimum atomic E-state index is -1.32. The molecule has 0 aliphatic carbocycles. The number of halogens is 1. The summed E-state index contributed by atoms with van der Waals surface area (Å²) in [6.07, 6.45) is 1.81. The Hall–Kier alpha value is -4.34. The number of hydrogen-bond donors (Lipinski definition) is 2. The number of amides is 2. The maximum absolute atomic E-state index is 14.6. The van der Waals surface area contributed by atoms with E-state index in [0.717, 1.165) is 11.1 Å². The number of fused-ring (bicyclic) bond motifs is 1. The number of aromatic amines is 1. The van der Waals surface area contributed by atoms with Crippen LogP contribution in [0.5, 0.6) is 0 Å². The number of nitrogens with one attached hydrogen (secondary N) is 2.